The molecule has 1 unspecified atom stereocenters. The van der Waals surface area contributed by atoms with Crippen LogP contribution in [0.25, 0.3) is 0 Å². The Labute approximate surface area is 147 Å². The first-order valence-corrected chi connectivity index (χ1v) is 7.89. The van der Waals surface area contributed by atoms with Gasteiger partial charge in [-0.2, -0.15) is 0 Å². The zero-order valence-electron chi connectivity index (χ0n) is 14.8. The summed E-state index contributed by atoms with van der Waals surface area (Å²) in [6, 6.07) is 12.3. The molecule has 0 aliphatic heterocycles. The van der Waals surface area contributed by atoms with E-state index in [0.29, 0.717) is 17.1 Å². The van der Waals surface area contributed by atoms with E-state index < -0.39 is 6.10 Å². The van der Waals surface area contributed by atoms with Crippen molar-refractivity contribution in [1.82, 2.24) is 0 Å². The Kier molecular flexibility index (Phi) is 6.00. The third-order valence-electron chi connectivity index (χ3n) is 3.64. The van der Waals surface area contributed by atoms with Gasteiger partial charge in [-0.05, 0) is 55.8 Å². The lowest BCUT2D eigenvalue weighted by Crippen LogP contribution is -2.30. The van der Waals surface area contributed by atoms with Gasteiger partial charge < -0.3 is 20.1 Å². The SMILES string of the molecule is COc1ccc(OC(C)C(=O)Nc2cccc(NC(C)=O)c2C)cc1. The maximum atomic E-state index is 12.4. The first-order chi connectivity index (χ1) is 11.9. The highest BCUT2D eigenvalue weighted by molar-refractivity contribution is 5.97. The summed E-state index contributed by atoms with van der Waals surface area (Å²) in [5, 5.41) is 5.56. The van der Waals surface area contributed by atoms with Gasteiger partial charge in [-0.3, -0.25) is 9.59 Å². The second-order valence-electron chi connectivity index (χ2n) is 5.58. The van der Waals surface area contributed by atoms with Gasteiger partial charge in [-0.1, -0.05) is 6.07 Å². The van der Waals surface area contributed by atoms with Crippen LogP contribution in [0, 0.1) is 6.92 Å². The summed E-state index contributed by atoms with van der Waals surface area (Å²) in [5.41, 5.74) is 2.07. The molecule has 0 aliphatic carbocycles. The number of benzene rings is 2. The lowest BCUT2D eigenvalue weighted by molar-refractivity contribution is -0.122. The Bertz CT molecular complexity index is 757. The van der Waals surface area contributed by atoms with Crippen molar-refractivity contribution >= 4 is 23.2 Å². The van der Waals surface area contributed by atoms with E-state index in [1.165, 1.54) is 6.92 Å². The minimum Gasteiger partial charge on any atom is -0.497 e. The van der Waals surface area contributed by atoms with Crippen LogP contribution in [0.15, 0.2) is 42.5 Å². The largest absolute Gasteiger partial charge is 0.497 e. The maximum Gasteiger partial charge on any atom is 0.265 e. The highest BCUT2D eigenvalue weighted by Gasteiger charge is 2.16. The van der Waals surface area contributed by atoms with Crippen molar-refractivity contribution in [1.29, 1.82) is 0 Å². The minimum absolute atomic E-state index is 0.164. The number of amides is 2. The summed E-state index contributed by atoms with van der Waals surface area (Å²) in [4.78, 5) is 23.6. The normalized spacial score (nSPS) is 11.4. The molecule has 0 heterocycles. The first-order valence-electron chi connectivity index (χ1n) is 7.89. The van der Waals surface area contributed by atoms with Gasteiger partial charge in [0.05, 0.1) is 7.11 Å². The number of carbonyl (C=O) groups is 2. The van der Waals surface area contributed by atoms with Crippen LogP contribution < -0.4 is 20.1 Å². The second-order valence-corrected chi connectivity index (χ2v) is 5.58. The molecule has 132 valence electrons. The number of carbonyl (C=O) groups excluding carboxylic acids is 2. The summed E-state index contributed by atoms with van der Waals surface area (Å²) in [6.45, 7) is 4.94. The van der Waals surface area contributed by atoms with E-state index in [4.69, 9.17) is 9.47 Å². The van der Waals surface area contributed by atoms with Crippen LogP contribution in [0.3, 0.4) is 0 Å². The molecule has 1 atom stereocenters. The number of hydrogen-bond acceptors (Lipinski definition) is 4. The van der Waals surface area contributed by atoms with E-state index in [0.717, 1.165) is 11.3 Å². The number of methoxy groups -OCH3 is 1. The van der Waals surface area contributed by atoms with Crippen molar-refractivity contribution in [2.24, 2.45) is 0 Å². The lowest BCUT2D eigenvalue weighted by atomic mass is 10.1. The third-order valence-corrected chi connectivity index (χ3v) is 3.64. The smallest absolute Gasteiger partial charge is 0.265 e. The molecule has 0 aliphatic rings. The van der Waals surface area contributed by atoms with Crippen LogP contribution in [0.2, 0.25) is 0 Å². The van der Waals surface area contributed by atoms with Crippen LogP contribution >= 0.6 is 0 Å². The summed E-state index contributed by atoms with van der Waals surface area (Å²) < 4.78 is 10.7. The predicted molar refractivity (Wildman–Crippen MR) is 97.2 cm³/mol. The van der Waals surface area contributed by atoms with Gasteiger partial charge in [0, 0.05) is 18.3 Å². The Morgan fingerprint density at radius 3 is 2.08 bits per heavy atom. The van der Waals surface area contributed by atoms with Gasteiger partial charge in [0.15, 0.2) is 6.10 Å². The van der Waals surface area contributed by atoms with E-state index >= 15 is 0 Å². The molecule has 0 radical (unpaired) electrons. The lowest BCUT2D eigenvalue weighted by Gasteiger charge is -2.17. The van der Waals surface area contributed by atoms with Gasteiger partial charge >= 0.3 is 0 Å². The number of rotatable bonds is 6. The first kappa shape index (κ1) is 18.3. The summed E-state index contributed by atoms with van der Waals surface area (Å²) >= 11 is 0. The quantitative estimate of drug-likeness (QED) is 0.844. The maximum absolute atomic E-state index is 12.4. The Morgan fingerprint density at radius 2 is 1.52 bits per heavy atom. The number of hydrogen-bond donors (Lipinski definition) is 2. The van der Waals surface area contributed by atoms with Crippen molar-refractivity contribution in [3.63, 3.8) is 0 Å². The average Bonchev–Trinajstić information content (AvgIpc) is 2.58. The topological polar surface area (TPSA) is 76.7 Å². The molecule has 2 N–H and O–H groups in total. The molecule has 6 heteroatoms. The molecule has 2 aromatic rings. The van der Waals surface area contributed by atoms with E-state index in [1.807, 2.05) is 6.92 Å². The summed E-state index contributed by atoms with van der Waals surface area (Å²) in [5.74, 6) is 0.851. The minimum atomic E-state index is -0.683. The highest BCUT2D eigenvalue weighted by Crippen LogP contribution is 2.24. The van der Waals surface area contributed by atoms with Crippen LogP contribution in [-0.2, 0) is 9.59 Å². The van der Waals surface area contributed by atoms with Gasteiger partial charge in [0.25, 0.3) is 5.91 Å². The van der Waals surface area contributed by atoms with Gasteiger partial charge in [-0.25, -0.2) is 0 Å². The van der Waals surface area contributed by atoms with Crippen molar-refractivity contribution in [2.45, 2.75) is 26.9 Å². The number of anilines is 2. The second kappa shape index (κ2) is 8.19. The molecule has 0 fully saturated rings. The number of nitrogens with one attached hydrogen (secondary N) is 2. The molecular weight excluding hydrogens is 320 g/mol. The van der Waals surface area contributed by atoms with E-state index in [1.54, 1.807) is 56.5 Å². The van der Waals surface area contributed by atoms with Gasteiger partial charge in [-0.15, -0.1) is 0 Å². The summed E-state index contributed by atoms with van der Waals surface area (Å²) in [6.07, 6.45) is -0.683. The fraction of sp³-hybridized carbons (Fsp3) is 0.263. The highest BCUT2D eigenvalue weighted by atomic mass is 16.5. The molecule has 0 saturated heterocycles. The Morgan fingerprint density at radius 1 is 0.960 bits per heavy atom. The van der Waals surface area contributed by atoms with Crippen molar-refractivity contribution in [2.75, 3.05) is 17.7 Å². The standard InChI is InChI=1S/C19H22N2O4/c1-12-17(20-14(3)22)6-5-7-18(12)21-19(23)13(2)25-16-10-8-15(24-4)9-11-16/h5-11,13H,1-4H3,(H,20,22)(H,21,23). The molecule has 0 bridgehead atoms. The number of ether oxygens (including phenoxy) is 2. The molecule has 0 aromatic heterocycles. The average molecular weight is 342 g/mol. The van der Waals surface area contributed by atoms with Crippen LogP contribution in [0.5, 0.6) is 11.5 Å². The zero-order chi connectivity index (χ0) is 18.4. The fourth-order valence-electron chi connectivity index (χ4n) is 2.24. The Hall–Kier alpha value is -3.02. The van der Waals surface area contributed by atoms with Crippen molar-refractivity contribution in [3.8, 4) is 11.5 Å². The third kappa shape index (κ3) is 4.97. The molecule has 6 nitrogen and oxygen atoms in total. The van der Waals surface area contributed by atoms with Crippen molar-refractivity contribution in [3.05, 3.63) is 48.0 Å². The molecule has 25 heavy (non-hydrogen) atoms. The van der Waals surface area contributed by atoms with E-state index in [9.17, 15) is 9.59 Å². The molecule has 0 saturated carbocycles. The van der Waals surface area contributed by atoms with Gasteiger partial charge in [0.2, 0.25) is 5.91 Å². The monoisotopic (exact) mass is 342 g/mol. The Balaban J connectivity index is 2.04. The zero-order valence-corrected chi connectivity index (χ0v) is 14.8. The molecule has 2 aromatic carbocycles. The molecule has 2 rings (SSSR count). The van der Waals surface area contributed by atoms with Gasteiger partial charge in [0.1, 0.15) is 11.5 Å². The van der Waals surface area contributed by atoms with Crippen LogP contribution in [0.4, 0.5) is 11.4 Å². The van der Waals surface area contributed by atoms with Crippen LogP contribution in [-0.4, -0.2) is 25.0 Å². The fourth-order valence-corrected chi connectivity index (χ4v) is 2.24. The molecule has 0 spiro atoms. The summed E-state index contributed by atoms with van der Waals surface area (Å²) in [7, 11) is 1.59. The predicted octanol–water partition coefficient (Wildman–Crippen LogP) is 3.37. The molecule has 2 amide bonds. The van der Waals surface area contributed by atoms with Crippen molar-refractivity contribution < 1.29 is 19.1 Å². The van der Waals surface area contributed by atoms with Crippen LogP contribution in [0.1, 0.15) is 19.4 Å². The molecular formula is C19H22N2O4. The van der Waals surface area contributed by atoms with E-state index in [2.05, 4.69) is 10.6 Å². The van der Waals surface area contributed by atoms with E-state index in [-0.39, 0.29) is 11.8 Å².